The van der Waals surface area contributed by atoms with E-state index in [1.165, 1.54) is 45.2 Å². The summed E-state index contributed by atoms with van der Waals surface area (Å²) in [6.45, 7) is 4.21. The maximum absolute atomic E-state index is 8.13. The zero-order chi connectivity index (χ0) is 10.1. The minimum Gasteiger partial charge on any atom is -0.303 e. The van der Waals surface area contributed by atoms with Crippen molar-refractivity contribution in [3.63, 3.8) is 0 Å². The third kappa shape index (κ3) is 5.10. The highest BCUT2D eigenvalue weighted by Crippen LogP contribution is 2.10. The highest BCUT2D eigenvalue weighted by Gasteiger charge is 2.06. The molecule has 14 heavy (non-hydrogen) atoms. The van der Waals surface area contributed by atoms with Gasteiger partial charge in [0, 0.05) is 11.5 Å². The number of rotatable bonds is 4. The molecule has 0 saturated carbocycles. The molecule has 4 nitrogen and oxygen atoms in total. The Morgan fingerprint density at radius 2 is 1.71 bits per heavy atom. The maximum atomic E-state index is 8.13. The van der Waals surface area contributed by atoms with Crippen LogP contribution < -0.4 is 0 Å². The van der Waals surface area contributed by atoms with E-state index in [2.05, 4.69) is 14.9 Å². The van der Waals surface area contributed by atoms with Crippen molar-refractivity contribution in [2.45, 2.75) is 38.5 Å². The van der Waals surface area contributed by atoms with Gasteiger partial charge in [-0.3, -0.25) is 0 Å². The molecule has 0 radical (unpaired) electrons. The Hall–Kier alpha value is -0.730. The fourth-order valence-corrected chi connectivity index (χ4v) is 1.95. The topological polar surface area (TPSA) is 52.0 Å². The van der Waals surface area contributed by atoms with Gasteiger partial charge in [0.25, 0.3) is 0 Å². The normalized spacial score (nSPS) is 19.4. The van der Waals surface area contributed by atoms with Crippen molar-refractivity contribution in [1.82, 2.24) is 4.90 Å². The van der Waals surface area contributed by atoms with Gasteiger partial charge >= 0.3 is 0 Å². The first-order valence-corrected chi connectivity index (χ1v) is 5.66. The molecule has 1 rings (SSSR count). The van der Waals surface area contributed by atoms with Crippen LogP contribution >= 0.6 is 0 Å². The van der Waals surface area contributed by atoms with Crippen LogP contribution in [0.25, 0.3) is 10.4 Å². The average molecular weight is 196 g/mol. The first-order valence-electron chi connectivity index (χ1n) is 5.66. The summed E-state index contributed by atoms with van der Waals surface area (Å²) < 4.78 is 0. The van der Waals surface area contributed by atoms with Crippen LogP contribution in [-0.2, 0) is 0 Å². The quantitative estimate of drug-likeness (QED) is 0.295. The van der Waals surface area contributed by atoms with Gasteiger partial charge in [0.1, 0.15) is 0 Å². The molecule has 0 aromatic heterocycles. The Bertz CT molecular complexity index is 179. The number of hydrogen-bond acceptors (Lipinski definition) is 2. The maximum Gasteiger partial charge on any atom is 0.0270 e. The molecule has 1 heterocycles. The SMILES string of the molecule is [N-]=[N+]=NCCCN1CCCCCCC1. The van der Waals surface area contributed by atoms with Crippen molar-refractivity contribution >= 4 is 0 Å². The minimum absolute atomic E-state index is 0.646. The molecule has 0 spiro atoms. The summed E-state index contributed by atoms with van der Waals surface area (Å²) >= 11 is 0. The van der Waals surface area contributed by atoms with Crippen LogP contribution in [0.15, 0.2) is 5.11 Å². The second kappa shape index (κ2) is 7.65. The van der Waals surface area contributed by atoms with Gasteiger partial charge < -0.3 is 4.90 Å². The Labute approximate surface area is 85.9 Å². The lowest BCUT2D eigenvalue weighted by atomic mass is 10.1. The van der Waals surface area contributed by atoms with E-state index < -0.39 is 0 Å². The summed E-state index contributed by atoms with van der Waals surface area (Å²) in [5.74, 6) is 0. The summed E-state index contributed by atoms with van der Waals surface area (Å²) in [5, 5.41) is 3.55. The molecule has 0 aliphatic carbocycles. The molecule has 1 aliphatic rings. The fraction of sp³-hybridized carbons (Fsp3) is 1.00. The summed E-state index contributed by atoms with van der Waals surface area (Å²) in [5.41, 5.74) is 8.13. The van der Waals surface area contributed by atoms with Crippen molar-refractivity contribution in [1.29, 1.82) is 0 Å². The molecule has 1 fully saturated rings. The lowest BCUT2D eigenvalue weighted by molar-refractivity contribution is 0.246. The van der Waals surface area contributed by atoms with Gasteiger partial charge in [0.05, 0.1) is 0 Å². The number of likely N-dealkylation sites (tertiary alicyclic amines) is 1. The van der Waals surface area contributed by atoms with Crippen LogP contribution in [0.1, 0.15) is 38.5 Å². The van der Waals surface area contributed by atoms with E-state index in [0.717, 1.165) is 13.0 Å². The van der Waals surface area contributed by atoms with Gasteiger partial charge in [-0.25, -0.2) is 0 Å². The summed E-state index contributed by atoms with van der Waals surface area (Å²) in [7, 11) is 0. The van der Waals surface area contributed by atoms with Crippen LogP contribution in [0.3, 0.4) is 0 Å². The first kappa shape index (κ1) is 11.3. The number of hydrogen-bond donors (Lipinski definition) is 0. The second-order valence-corrected chi connectivity index (χ2v) is 3.92. The number of azide groups is 1. The lowest BCUT2D eigenvalue weighted by Gasteiger charge is -2.23. The van der Waals surface area contributed by atoms with Crippen molar-refractivity contribution < 1.29 is 0 Å². The minimum atomic E-state index is 0.646. The zero-order valence-electron chi connectivity index (χ0n) is 8.86. The molecular weight excluding hydrogens is 176 g/mol. The van der Waals surface area contributed by atoms with Gasteiger partial charge in [0.2, 0.25) is 0 Å². The zero-order valence-corrected chi connectivity index (χ0v) is 8.86. The summed E-state index contributed by atoms with van der Waals surface area (Å²) in [6, 6.07) is 0. The van der Waals surface area contributed by atoms with Crippen molar-refractivity contribution in [3.05, 3.63) is 10.4 Å². The molecule has 0 N–H and O–H groups in total. The van der Waals surface area contributed by atoms with Crippen LogP contribution in [0.4, 0.5) is 0 Å². The molecule has 0 aromatic rings. The monoisotopic (exact) mass is 196 g/mol. The Morgan fingerprint density at radius 1 is 1.07 bits per heavy atom. The molecule has 0 atom stereocenters. The van der Waals surface area contributed by atoms with Gasteiger partial charge in [-0.2, -0.15) is 0 Å². The summed E-state index contributed by atoms with van der Waals surface area (Å²) in [4.78, 5) is 5.26. The van der Waals surface area contributed by atoms with Gasteiger partial charge in [0.15, 0.2) is 0 Å². The molecule has 1 aliphatic heterocycles. The highest BCUT2D eigenvalue weighted by atomic mass is 15.1. The van der Waals surface area contributed by atoms with E-state index in [4.69, 9.17) is 5.53 Å². The number of nitrogens with zero attached hydrogens (tertiary/aromatic N) is 4. The predicted molar refractivity (Wildman–Crippen MR) is 58.2 cm³/mol. The molecular formula is C10H20N4. The van der Waals surface area contributed by atoms with E-state index >= 15 is 0 Å². The highest BCUT2D eigenvalue weighted by molar-refractivity contribution is 4.63. The third-order valence-corrected chi connectivity index (χ3v) is 2.74. The van der Waals surface area contributed by atoms with Crippen LogP contribution in [0.5, 0.6) is 0 Å². The summed E-state index contributed by atoms with van der Waals surface area (Å²) in [6.07, 6.45) is 7.85. The standard InChI is InChI=1S/C10H20N4/c11-13-12-7-6-10-14-8-4-2-1-3-5-9-14/h1-10H2. The lowest BCUT2D eigenvalue weighted by Crippen LogP contribution is -2.28. The van der Waals surface area contributed by atoms with Gasteiger partial charge in [-0.15, -0.1) is 0 Å². The average Bonchev–Trinajstić information content (AvgIpc) is 2.15. The van der Waals surface area contributed by atoms with Gasteiger partial charge in [-0.1, -0.05) is 24.4 Å². The smallest absolute Gasteiger partial charge is 0.0270 e. The molecule has 1 saturated heterocycles. The molecule has 0 unspecified atom stereocenters. The fourth-order valence-electron chi connectivity index (χ4n) is 1.95. The predicted octanol–water partition coefficient (Wildman–Crippen LogP) is 2.95. The Morgan fingerprint density at radius 3 is 2.36 bits per heavy atom. The Balaban J connectivity index is 2.10. The largest absolute Gasteiger partial charge is 0.303 e. The molecule has 0 bridgehead atoms. The molecule has 4 heteroatoms. The van der Waals surface area contributed by atoms with Crippen LogP contribution in [0.2, 0.25) is 0 Å². The Kier molecular flexibility index (Phi) is 6.20. The van der Waals surface area contributed by atoms with Crippen molar-refractivity contribution in [2.24, 2.45) is 5.11 Å². The van der Waals surface area contributed by atoms with E-state index in [1.54, 1.807) is 0 Å². The van der Waals surface area contributed by atoms with E-state index in [9.17, 15) is 0 Å². The van der Waals surface area contributed by atoms with Gasteiger partial charge in [-0.05, 0) is 44.4 Å². The third-order valence-electron chi connectivity index (χ3n) is 2.74. The second-order valence-electron chi connectivity index (χ2n) is 3.92. The van der Waals surface area contributed by atoms with E-state index in [1.807, 2.05) is 0 Å². The molecule has 80 valence electrons. The van der Waals surface area contributed by atoms with E-state index in [-0.39, 0.29) is 0 Å². The van der Waals surface area contributed by atoms with Crippen molar-refractivity contribution in [2.75, 3.05) is 26.2 Å². The first-order chi connectivity index (χ1) is 6.93. The molecule has 0 amide bonds. The molecule has 0 aromatic carbocycles. The van der Waals surface area contributed by atoms with Crippen LogP contribution in [-0.4, -0.2) is 31.1 Å². The van der Waals surface area contributed by atoms with E-state index in [0.29, 0.717) is 6.54 Å². The van der Waals surface area contributed by atoms with Crippen LogP contribution in [0, 0.1) is 0 Å². The van der Waals surface area contributed by atoms with Crippen molar-refractivity contribution in [3.8, 4) is 0 Å².